The van der Waals surface area contributed by atoms with E-state index in [1.807, 2.05) is 0 Å². The minimum absolute atomic E-state index is 0.176. The molecule has 0 aliphatic heterocycles. The van der Waals surface area contributed by atoms with E-state index in [1.54, 1.807) is 0 Å². The van der Waals surface area contributed by atoms with Gasteiger partial charge in [0.05, 0.1) is 6.10 Å². The smallest absolute Gasteiger partial charge is 0.0610 e. The molecule has 2 aliphatic rings. The highest BCUT2D eigenvalue weighted by Gasteiger charge is 2.45. The zero-order valence-corrected chi connectivity index (χ0v) is 10.8. The Kier molecular flexibility index (Phi) is 3.00. The van der Waals surface area contributed by atoms with Crippen LogP contribution in [0.1, 0.15) is 46.5 Å². The van der Waals surface area contributed by atoms with Crippen molar-refractivity contribution in [2.75, 3.05) is 0 Å². The van der Waals surface area contributed by atoms with E-state index >= 15 is 0 Å². The molecule has 2 rings (SSSR count). The minimum Gasteiger partial charge on any atom is -0.392 e. The predicted octanol–water partition coefficient (Wildman–Crippen LogP) is 3.70. The Morgan fingerprint density at radius 3 is 2.88 bits per heavy atom. The normalized spacial score (nSPS) is 43.5. The molecule has 0 bridgehead atoms. The molecule has 0 radical (unpaired) electrons. The van der Waals surface area contributed by atoms with Crippen LogP contribution in [0.4, 0.5) is 0 Å². The van der Waals surface area contributed by atoms with E-state index in [0.29, 0.717) is 17.3 Å². The average molecular weight is 220 g/mol. The van der Waals surface area contributed by atoms with Gasteiger partial charge in [0, 0.05) is 5.92 Å². The molecule has 1 saturated carbocycles. The van der Waals surface area contributed by atoms with E-state index in [9.17, 15) is 5.11 Å². The molecule has 1 fully saturated rings. The first-order valence-corrected chi connectivity index (χ1v) is 6.44. The Morgan fingerprint density at radius 1 is 1.56 bits per heavy atom. The molecule has 1 unspecified atom stereocenters. The molecule has 0 aromatic heterocycles. The highest BCUT2D eigenvalue weighted by Crippen LogP contribution is 2.52. The van der Waals surface area contributed by atoms with Gasteiger partial charge in [-0.1, -0.05) is 30.7 Å². The van der Waals surface area contributed by atoms with Gasteiger partial charge in [0.2, 0.25) is 0 Å². The van der Waals surface area contributed by atoms with E-state index < -0.39 is 0 Å². The molecule has 0 amide bonds. The quantitative estimate of drug-likeness (QED) is 0.668. The topological polar surface area (TPSA) is 20.2 Å². The lowest BCUT2D eigenvalue weighted by Gasteiger charge is -2.49. The van der Waals surface area contributed by atoms with Crippen LogP contribution in [-0.4, -0.2) is 11.2 Å². The Bertz CT molecular complexity index is 328. The molecule has 0 heterocycles. The van der Waals surface area contributed by atoms with Crippen molar-refractivity contribution in [3.8, 4) is 0 Å². The molecule has 0 aromatic carbocycles. The summed E-state index contributed by atoms with van der Waals surface area (Å²) >= 11 is 0. The first kappa shape index (κ1) is 11.9. The molecule has 1 N–H and O–H groups in total. The van der Waals surface area contributed by atoms with Crippen LogP contribution in [0.3, 0.4) is 0 Å². The van der Waals surface area contributed by atoms with Crippen LogP contribution in [0, 0.1) is 17.3 Å². The van der Waals surface area contributed by atoms with Crippen LogP contribution < -0.4 is 0 Å². The second kappa shape index (κ2) is 4.03. The van der Waals surface area contributed by atoms with Crippen LogP contribution in [0.15, 0.2) is 23.8 Å². The van der Waals surface area contributed by atoms with Crippen LogP contribution in [0.25, 0.3) is 0 Å². The fraction of sp³-hybridized carbons (Fsp3) is 0.733. The fourth-order valence-electron chi connectivity index (χ4n) is 3.77. The van der Waals surface area contributed by atoms with Gasteiger partial charge < -0.3 is 5.11 Å². The lowest BCUT2D eigenvalue weighted by molar-refractivity contribution is -0.0147. The maximum Gasteiger partial charge on any atom is 0.0610 e. The summed E-state index contributed by atoms with van der Waals surface area (Å²) in [6.45, 7) is 10.7. The fourth-order valence-corrected chi connectivity index (χ4v) is 3.77. The molecular weight excluding hydrogens is 196 g/mol. The summed E-state index contributed by atoms with van der Waals surface area (Å²) in [5, 5.41) is 10.2. The van der Waals surface area contributed by atoms with E-state index in [2.05, 4.69) is 33.4 Å². The Morgan fingerprint density at radius 2 is 2.25 bits per heavy atom. The molecule has 4 atom stereocenters. The number of allylic oxidation sites excluding steroid dienone is 2. The van der Waals surface area contributed by atoms with Gasteiger partial charge in [-0.3, -0.25) is 0 Å². The maximum absolute atomic E-state index is 10.2. The van der Waals surface area contributed by atoms with Crippen molar-refractivity contribution < 1.29 is 5.11 Å². The summed E-state index contributed by atoms with van der Waals surface area (Å²) in [4.78, 5) is 0. The van der Waals surface area contributed by atoms with Gasteiger partial charge in [-0.2, -0.15) is 0 Å². The van der Waals surface area contributed by atoms with Gasteiger partial charge in [-0.25, -0.2) is 0 Å². The number of rotatable bonds is 1. The maximum atomic E-state index is 10.2. The summed E-state index contributed by atoms with van der Waals surface area (Å²) in [6, 6.07) is 0. The van der Waals surface area contributed by atoms with E-state index in [1.165, 1.54) is 18.4 Å². The van der Waals surface area contributed by atoms with E-state index in [4.69, 9.17) is 0 Å². The summed E-state index contributed by atoms with van der Waals surface area (Å²) in [7, 11) is 0. The van der Waals surface area contributed by atoms with Gasteiger partial charge in [0.15, 0.2) is 0 Å². The van der Waals surface area contributed by atoms with Crippen LogP contribution in [-0.2, 0) is 0 Å². The number of fused-ring (bicyclic) bond motifs is 1. The minimum atomic E-state index is -0.176. The number of aliphatic hydroxyl groups is 1. The van der Waals surface area contributed by atoms with Crippen molar-refractivity contribution in [1.82, 2.24) is 0 Å². The largest absolute Gasteiger partial charge is 0.392 e. The van der Waals surface area contributed by atoms with Crippen LogP contribution >= 0.6 is 0 Å². The molecular formula is C15H24O. The highest BCUT2D eigenvalue weighted by molar-refractivity contribution is 5.18. The van der Waals surface area contributed by atoms with Crippen molar-refractivity contribution >= 4 is 0 Å². The zero-order valence-electron chi connectivity index (χ0n) is 10.8. The van der Waals surface area contributed by atoms with Gasteiger partial charge in [0.25, 0.3) is 0 Å². The zero-order chi connectivity index (χ0) is 11.9. The summed E-state index contributed by atoms with van der Waals surface area (Å²) in [5.41, 5.74) is 3.00. The van der Waals surface area contributed by atoms with Crippen molar-refractivity contribution in [3.63, 3.8) is 0 Å². The summed E-state index contributed by atoms with van der Waals surface area (Å²) in [5.74, 6) is 0.964. The Balaban J connectivity index is 2.26. The van der Waals surface area contributed by atoms with Crippen molar-refractivity contribution in [2.45, 2.75) is 52.6 Å². The molecule has 2 aliphatic carbocycles. The average Bonchev–Trinajstić information content (AvgIpc) is 2.15. The molecule has 0 saturated heterocycles. The summed E-state index contributed by atoms with van der Waals surface area (Å²) in [6.07, 6.45) is 6.66. The highest BCUT2D eigenvalue weighted by atomic mass is 16.3. The van der Waals surface area contributed by atoms with Gasteiger partial charge in [-0.15, -0.1) is 0 Å². The lowest BCUT2D eigenvalue weighted by atomic mass is 9.56. The van der Waals surface area contributed by atoms with Crippen LogP contribution in [0.2, 0.25) is 0 Å². The lowest BCUT2D eigenvalue weighted by Crippen LogP contribution is -2.44. The van der Waals surface area contributed by atoms with Crippen molar-refractivity contribution in [3.05, 3.63) is 23.8 Å². The Hall–Kier alpha value is -0.560. The number of aliphatic hydroxyl groups excluding tert-OH is 1. The van der Waals surface area contributed by atoms with E-state index in [0.717, 1.165) is 18.4 Å². The van der Waals surface area contributed by atoms with Crippen molar-refractivity contribution in [2.24, 2.45) is 17.3 Å². The molecule has 1 nitrogen and oxygen atoms in total. The third kappa shape index (κ3) is 1.86. The first-order chi connectivity index (χ1) is 7.44. The Labute approximate surface area is 99.3 Å². The molecule has 0 aromatic rings. The second-order valence-electron chi connectivity index (χ2n) is 6.15. The van der Waals surface area contributed by atoms with Gasteiger partial charge >= 0.3 is 0 Å². The van der Waals surface area contributed by atoms with Crippen LogP contribution in [0.5, 0.6) is 0 Å². The predicted molar refractivity (Wildman–Crippen MR) is 68.1 cm³/mol. The molecule has 16 heavy (non-hydrogen) atoms. The molecule has 0 spiro atoms. The SMILES string of the molecule is C=C(C)C1C[C@@H]2C(C)=CCC[C@@]2(C)C[C@@H]1O. The standard InChI is InChI=1S/C15H24O/c1-10(2)12-8-13-11(3)6-5-7-15(13,4)9-14(12)16/h6,12-14,16H,1,5,7-9H2,2-4H3/t12?,13-,14+,15+/m1/s1. The second-order valence-corrected chi connectivity index (χ2v) is 6.15. The van der Waals surface area contributed by atoms with E-state index in [-0.39, 0.29) is 6.10 Å². The first-order valence-electron chi connectivity index (χ1n) is 6.44. The van der Waals surface area contributed by atoms with Crippen molar-refractivity contribution in [1.29, 1.82) is 0 Å². The summed E-state index contributed by atoms with van der Waals surface area (Å²) < 4.78 is 0. The third-order valence-corrected chi connectivity index (χ3v) is 4.84. The molecule has 90 valence electrons. The van der Waals surface area contributed by atoms with Gasteiger partial charge in [0.1, 0.15) is 0 Å². The monoisotopic (exact) mass is 220 g/mol. The third-order valence-electron chi connectivity index (χ3n) is 4.84. The van der Waals surface area contributed by atoms with Gasteiger partial charge in [-0.05, 0) is 50.9 Å². The number of hydrogen-bond donors (Lipinski definition) is 1. The number of hydrogen-bond acceptors (Lipinski definition) is 1. The molecule has 1 heteroatoms.